The van der Waals surface area contributed by atoms with Crippen LogP contribution < -0.4 is 10.1 Å². The maximum Gasteiger partial charge on any atom is 0.321 e. The summed E-state index contributed by atoms with van der Waals surface area (Å²) < 4.78 is 18.9. The van der Waals surface area contributed by atoms with Crippen LogP contribution in [0.15, 0.2) is 72.8 Å². The van der Waals surface area contributed by atoms with Gasteiger partial charge in [0.1, 0.15) is 11.6 Å². The van der Waals surface area contributed by atoms with Crippen molar-refractivity contribution >= 4 is 46.9 Å². The molecule has 7 nitrogen and oxygen atoms in total. The molecular weight excluding hydrogens is 554 g/mol. The normalized spacial score (nSPS) is 13.8. The summed E-state index contributed by atoms with van der Waals surface area (Å²) in [6.45, 7) is 3.85. The molecule has 0 aliphatic carbocycles. The van der Waals surface area contributed by atoms with Gasteiger partial charge in [-0.15, -0.1) is 0 Å². The Kier molecular flexibility index (Phi) is 10.4. The molecule has 1 aliphatic heterocycles. The first-order valence-corrected chi connectivity index (χ1v) is 13.7. The van der Waals surface area contributed by atoms with E-state index in [0.29, 0.717) is 67.1 Å². The first-order valence-electron chi connectivity index (χ1n) is 12.9. The Morgan fingerprint density at radius 2 is 1.73 bits per heavy atom. The smallest absolute Gasteiger partial charge is 0.321 e. The predicted octanol–water partition coefficient (Wildman–Crippen LogP) is 6.15. The Labute approximate surface area is 243 Å². The minimum atomic E-state index is -0.390. The Balaban J connectivity index is 1.35. The molecule has 3 aromatic rings. The van der Waals surface area contributed by atoms with Crippen LogP contribution >= 0.6 is 23.2 Å². The Morgan fingerprint density at radius 1 is 1.00 bits per heavy atom. The van der Waals surface area contributed by atoms with Crippen LogP contribution in [0, 0.1) is 5.82 Å². The second-order valence-electron chi connectivity index (χ2n) is 9.26. The van der Waals surface area contributed by atoms with Gasteiger partial charge in [0.15, 0.2) is 0 Å². The lowest BCUT2D eigenvalue weighted by molar-refractivity contribution is 0.0739. The summed E-state index contributed by atoms with van der Waals surface area (Å²) in [6, 6.07) is 18.1. The molecule has 0 saturated carbocycles. The van der Waals surface area contributed by atoms with Gasteiger partial charge in [0, 0.05) is 56.9 Å². The van der Waals surface area contributed by atoms with E-state index in [1.807, 2.05) is 36.4 Å². The monoisotopic (exact) mass is 584 g/mol. The molecule has 0 bridgehead atoms. The van der Waals surface area contributed by atoms with Crippen LogP contribution in [0.1, 0.15) is 15.9 Å². The Bertz CT molecular complexity index is 1350. The van der Waals surface area contributed by atoms with Gasteiger partial charge in [0.2, 0.25) is 0 Å². The number of ether oxygens (including phenoxy) is 1. The zero-order chi connectivity index (χ0) is 28.5. The summed E-state index contributed by atoms with van der Waals surface area (Å²) in [5.74, 6) is 0.175. The van der Waals surface area contributed by atoms with Crippen molar-refractivity contribution in [3.05, 3.63) is 99.8 Å². The molecule has 1 N–H and O–H groups in total. The maximum absolute atomic E-state index is 13.5. The number of methoxy groups -OCH3 is 1. The molecule has 1 aliphatic rings. The highest BCUT2D eigenvalue weighted by Crippen LogP contribution is 2.29. The molecule has 3 aromatic carbocycles. The van der Waals surface area contributed by atoms with Crippen molar-refractivity contribution in [3.8, 4) is 5.75 Å². The van der Waals surface area contributed by atoms with Crippen LogP contribution in [0.3, 0.4) is 0 Å². The van der Waals surface area contributed by atoms with Crippen molar-refractivity contribution in [2.45, 2.75) is 0 Å². The van der Waals surface area contributed by atoms with E-state index in [-0.39, 0.29) is 11.9 Å². The highest BCUT2D eigenvalue weighted by Gasteiger charge is 2.23. The van der Waals surface area contributed by atoms with Gasteiger partial charge in [-0.2, -0.15) is 0 Å². The average molecular weight is 586 g/mol. The SMILES string of the molecule is COc1ccccc1C=CCN(CCN1CCN(C(=O)Nc2cccc(Cl)c2Cl)CC1)C(=O)c1ccc(F)cc1. The average Bonchev–Trinajstić information content (AvgIpc) is 2.97. The number of hydrogen-bond donors (Lipinski definition) is 1. The topological polar surface area (TPSA) is 65.1 Å². The molecule has 1 heterocycles. The third kappa shape index (κ3) is 7.75. The number of anilines is 1. The standard InChI is InChI=1S/C30H31Cl2FN4O3/c1-40-27-10-3-2-6-22(27)7-5-15-36(29(38)23-11-13-24(33)14-12-23)19-16-35-17-20-37(21-18-35)30(39)34-26-9-4-8-25(31)28(26)32/h2-14H,15-21H2,1H3,(H,34,39). The van der Waals surface area contributed by atoms with E-state index in [0.717, 1.165) is 11.3 Å². The van der Waals surface area contributed by atoms with Crippen molar-refractivity contribution < 1.29 is 18.7 Å². The Hall–Kier alpha value is -3.59. The van der Waals surface area contributed by atoms with Gasteiger partial charge in [-0.3, -0.25) is 9.69 Å². The minimum absolute atomic E-state index is 0.180. The number of para-hydroxylation sites is 1. The van der Waals surface area contributed by atoms with Gasteiger partial charge in [-0.1, -0.05) is 59.6 Å². The molecule has 1 saturated heterocycles. The minimum Gasteiger partial charge on any atom is -0.496 e. The van der Waals surface area contributed by atoms with Gasteiger partial charge in [-0.05, 0) is 42.5 Å². The number of urea groups is 1. The van der Waals surface area contributed by atoms with E-state index in [1.165, 1.54) is 24.3 Å². The third-order valence-electron chi connectivity index (χ3n) is 6.68. The van der Waals surface area contributed by atoms with Crippen LogP contribution in [0.25, 0.3) is 6.08 Å². The van der Waals surface area contributed by atoms with Crippen molar-refractivity contribution in [3.63, 3.8) is 0 Å². The number of carbonyl (C=O) groups is 2. The summed E-state index contributed by atoms with van der Waals surface area (Å²) in [4.78, 5) is 31.7. The molecule has 0 spiro atoms. The molecule has 0 aromatic heterocycles. The molecule has 3 amide bonds. The number of halogens is 3. The summed E-state index contributed by atoms with van der Waals surface area (Å²) in [5.41, 5.74) is 1.80. The van der Waals surface area contributed by atoms with Gasteiger partial charge in [0.05, 0.1) is 22.8 Å². The third-order valence-corrected chi connectivity index (χ3v) is 7.50. The van der Waals surface area contributed by atoms with Crippen LogP contribution in [-0.2, 0) is 0 Å². The number of nitrogens with zero attached hydrogens (tertiary/aromatic N) is 3. The number of nitrogens with one attached hydrogen (secondary N) is 1. The fraction of sp³-hybridized carbons (Fsp3) is 0.267. The molecule has 0 atom stereocenters. The molecule has 10 heteroatoms. The maximum atomic E-state index is 13.5. The molecule has 0 unspecified atom stereocenters. The van der Waals surface area contributed by atoms with Gasteiger partial charge in [-0.25, -0.2) is 9.18 Å². The highest BCUT2D eigenvalue weighted by molar-refractivity contribution is 6.43. The van der Waals surface area contributed by atoms with E-state index < -0.39 is 5.82 Å². The number of carbonyl (C=O) groups excluding carboxylic acids is 2. The largest absolute Gasteiger partial charge is 0.496 e. The first-order chi connectivity index (χ1) is 19.4. The highest BCUT2D eigenvalue weighted by atomic mass is 35.5. The van der Waals surface area contributed by atoms with Gasteiger partial charge in [0.25, 0.3) is 5.91 Å². The summed E-state index contributed by atoms with van der Waals surface area (Å²) in [5, 5.41) is 3.51. The van der Waals surface area contributed by atoms with Crippen LogP contribution in [0.5, 0.6) is 5.75 Å². The van der Waals surface area contributed by atoms with E-state index in [2.05, 4.69) is 10.2 Å². The van der Waals surface area contributed by atoms with Gasteiger partial charge < -0.3 is 19.9 Å². The fourth-order valence-electron chi connectivity index (χ4n) is 4.39. The summed E-state index contributed by atoms with van der Waals surface area (Å²) in [6.07, 6.45) is 3.84. The second kappa shape index (κ2) is 14.2. The van der Waals surface area contributed by atoms with Crippen LogP contribution in [0.4, 0.5) is 14.9 Å². The predicted molar refractivity (Wildman–Crippen MR) is 158 cm³/mol. The number of benzene rings is 3. The molecule has 0 radical (unpaired) electrons. The van der Waals surface area contributed by atoms with Crippen molar-refractivity contribution in [1.29, 1.82) is 0 Å². The van der Waals surface area contributed by atoms with E-state index >= 15 is 0 Å². The summed E-state index contributed by atoms with van der Waals surface area (Å²) >= 11 is 12.2. The van der Waals surface area contributed by atoms with Crippen molar-refractivity contribution in [1.82, 2.24) is 14.7 Å². The van der Waals surface area contributed by atoms with Gasteiger partial charge >= 0.3 is 6.03 Å². The Morgan fingerprint density at radius 3 is 2.45 bits per heavy atom. The van der Waals surface area contributed by atoms with Crippen LogP contribution in [0.2, 0.25) is 10.0 Å². The fourth-order valence-corrected chi connectivity index (χ4v) is 4.74. The quantitative estimate of drug-likeness (QED) is 0.328. The molecule has 40 heavy (non-hydrogen) atoms. The molecular formula is C30H31Cl2FN4O3. The zero-order valence-corrected chi connectivity index (χ0v) is 23.7. The van der Waals surface area contributed by atoms with Crippen LogP contribution in [-0.4, -0.2) is 79.6 Å². The lowest BCUT2D eigenvalue weighted by atomic mass is 10.1. The van der Waals surface area contributed by atoms with E-state index in [9.17, 15) is 14.0 Å². The lowest BCUT2D eigenvalue weighted by Crippen LogP contribution is -2.51. The summed E-state index contributed by atoms with van der Waals surface area (Å²) in [7, 11) is 1.62. The lowest BCUT2D eigenvalue weighted by Gasteiger charge is -2.35. The zero-order valence-electron chi connectivity index (χ0n) is 22.2. The van der Waals surface area contributed by atoms with Crippen molar-refractivity contribution in [2.24, 2.45) is 0 Å². The van der Waals surface area contributed by atoms with Crippen molar-refractivity contribution in [2.75, 3.05) is 58.2 Å². The van der Waals surface area contributed by atoms with E-state index in [4.69, 9.17) is 27.9 Å². The number of rotatable bonds is 9. The molecule has 1 fully saturated rings. The van der Waals surface area contributed by atoms with E-state index in [1.54, 1.807) is 35.1 Å². The number of amides is 3. The number of piperazine rings is 1. The molecule has 210 valence electrons. The first kappa shape index (κ1) is 29.4. The second-order valence-corrected chi connectivity index (χ2v) is 10.0. The molecule has 4 rings (SSSR count). The number of hydrogen-bond acceptors (Lipinski definition) is 4.